The highest BCUT2D eigenvalue weighted by atomic mass is 16.5. The van der Waals surface area contributed by atoms with Gasteiger partial charge in [-0.2, -0.15) is 0 Å². The molecule has 0 radical (unpaired) electrons. The minimum Gasteiger partial charge on any atom is -0.505 e. The van der Waals surface area contributed by atoms with Crippen LogP contribution in [0.2, 0.25) is 0 Å². The van der Waals surface area contributed by atoms with E-state index >= 15 is 0 Å². The van der Waals surface area contributed by atoms with Gasteiger partial charge < -0.3 is 20.3 Å². The number of amides is 1. The van der Waals surface area contributed by atoms with Crippen molar-refractivity contribution in [1.29, 1.82) is 0 Å². The van der Waals surface area contributed by atoms with Crippen molar-refractivity contribution in [3.05, 3.63) is 47.8 Å². The average molecular weight is 367 g/mol. The molecule has 3 aromatic rings. The quantitative estimate of drug-likeness (QED) is 0.631. The molecule has 0 bridgehead atoms. The van der Waals surface area contributed by atoms with E-state index in [1.165, 1.54) is 0 Å². The zero-order valence-corrected chi connectivity index (χ0v) is 14.7. The first kappa shape index (κ1) is 18.1. The number of carboxylic acids is 1. The first-order chi connectivity index (χ1) is 12.9. The Morgan fingerprint density at radius 1 is 1.19 bits per heavy atom. The van der Waals surface area contributed by atoms with Crippen LogP contribution in [0.25, 0.3) is 22.2 Å². The molecule has 8 nitrogen and oxygen atoms in total. The van der Waals surface area contributed by atoms with Gasteiger partial charge in [0.05, 0.1) is 24.0 Å². The Labute approximate surface area is 154 Å². The molecule has 1 amide bonds. The van der Waals surface area contributed by atoms with E-state index in [-0.39, 0.29) is 11.4 Å². The highest BCUT2D eigenvalue weighted by molar-refractivity contribution is 6.02. The minimum atomic E-state index is -1.19. The number of rotatable bonds is 5. The number of benzene rings is 1. The maximum absolute atomic E-state index is 12.1. The number of methoxy groups -OCH3 is 1. The average Bonchev–Trinajstić information content (AvgIpc) is 2.68. The van der Waals surface area contributed by atoms with E-state index in [0.29, 0.717) is 28.0 Å². The van der Waals surface area contributed by atoms with Gasteiger partial charge in [-0.15, -0.1) is 0 Å². The zero-order chi connectivity index (χ0) is 19.6. The number of aromatic hydroxyl groups is 1. The van der Waals surface area contributed by atoms with Crippen molar-refractivity contribution in [2.45, 2.75) is 6.92 Å². The van der Waals surface area contributed by atoms with Crippen LogP contribution in [0.5, 0.6) is 11.5 Å². The number of carbonyl (C=O) groups is 2. The molecule has 1 aromatic carbocycles. The molecular weight excluding hydrogens is 350 g/mol. The molecule has 0 unspecified atom stereocenters. The number of fused-ring (bicyclic) bond motifs is 1. The molecule has 0 fully saturated rings. The van der Waals surface area contributed by atoms with Crippen LogP contribution in [-0.4, -0.2) is 45.7 Å². The van der Waals surface area contributed by atoms with Crippen LogP contribution in [0.4, 0.5) is 0 Å². The number of ether oxygens (including phenoxy) is 1. The summed E-state index contributed by atoms with van der Waals surface area (Å²) in [5.41, 5.74) is 2.14. The van der Waals surface area contributed by atoms with Crippen LogP contribution >= 0.6 is 0 Å². The molecule has 3 rings (SSSR count). The number of hydrogen-bond acceptors (Lipinski definition) is 6. The van der Waals surface area contributed by atoms with Crippen molar-refractivity contribution in [3.63, 3.8) is 0 Å². The van der Waals surface area contributed by atoms with Gasteiger partial charge in [-0.05, 0) is 31.2 Å². The van der Waals surface area contributed by atoms with Crippen LogP contribution in [0.1, 0.15) is 16.2 Å². The monoisotopic (exact) mass is 367 g/mol. The summed E-state index contributed by atoms with van der Waals surface area (Å²) in [5, 5.41) is 21.6. The summed E-state index contributed by atoms with van der Waals surface area (Å²) in [6.45, 7) is 1.10. The van der Waals surface area contributed by atoms with Gasteiger partial charge in [-0.3, -0.25) is 9.59 Å². The fourth-order valence-electron chi connectivity index (χ4n) is 2.67. The lowest BCUT2D eigenvalue weighted by molar-refractivity contribution is -0.135. The van der Waals surface area contributed by atoms with Gasteiger partial charge in [0.25, 0.3) is 5.91 Å². The molecule has 0 atom stereocenters. The van der Waals surface area contributed by atoms with Gasteiger partial charge in [-0.1, -0.05) is 12.1 Å². The molecule has 0 aliphatic rings. The van der Waals surface area contributed by atoms with E-state index in [4.69, 9.17) is 9.84 Å². The van der Waals surface area contributed by atoms with E-state index in [2.05, 4.69) is 15.3 Å². The van der Waals surface area contributed by atoms with Gasteiger partial charge in [0.15, 0.2) is 11.4 Å². The smallest absolute Gasteiger partial charge is 0.322 e. The second-order valence-corrected chi connectivity index (χ2v) is 5.80. The number of nitrogens with zero attached hydrogens (tertiary/aromatic N) is 2. The number of carboxylic acid groups (broad SMARTS) is 1. The Hall–Kier alpha value is -3.68. The molecule has 8 heteroatoms. The molecule has 0 saturated carbocycles. The molecule has 2 heterocycles. The summed E-state index contributed by atoms with van der Waals surface area (Å²) < 4.78 is 5.22. The second kappa shape index (κ2) is 7.28. The van der Waals surface area contributed by atoms with Gasteiger partial charge in [0.2, 0.25) is 0 Å². The Bertz CT molecular complexity index is 1050. The highest BCUT2D eigenvalue weighted by Gasteiger charge is 2.19. The lowest BCUT2D eigenvalue weighted by Crippen LogP contribution is -2.30. The first-order valence-corrected chi connectivity index (χ1v) is 8.05. The zero-order valence-electron chi connectivity index (χ0n) is 14.7. The van der Waals surface area contributed by atoms with E-state index in [1.807, 2.05) is 24.3 Å². The number of aryl methyl sites for hydroxylation is 1. The van der Waals surface area contributed by atoms with E-state index in [9.17, 15) is 14.7 Å². The maximum atomic E-state index is 12.1. The van der Waals surface area contributed by atoms with Gasteiger partial charge in [0.1, 0.15) is 12.3 Å². The van der Waals surface area contributed by atoms with Crippen LogP contribution in [-0.2, 0) is 4.79 Å². The van der Waals surface area contributed by atoms with Crippen LogP contribution in [0.15, 0.2) is 36.4 Å². The van der Waals surface area contributed by atoms with Gasteiger partial charge >= 0.3 is 5.97 Å². The molecule has 2 aromatic heterocycles. The molecule has 138 valence electrons. The molecule has 0 aliphatic heterocycles. The predicted octanol–water partition coefficient (Wildman–Crippen LogP) is 2.13. The highest BCUT2D eigenvalue weighted by Crippen LogP contribution is 2.31. The van der Waals surface area contributed by atoms with Crippen molar-refractivity contribution in [3.8, 4) is 22.8 Å². The van der Waals surface area contributed by atoms with E-state index in [1.54, 1.807) is 26.2 Å². The summed E-state index contributed by atoms with van der Waals surface area (Å²) in [6.07, 6.45) is 0. The van der Waals surface area contributed by atoms with E-state index in [0.717, 1.165) is 5.56 Å². The third-order valence-electron chi connectivity index (χ3n) is 3.98. The van der Waals surface area contributed by atoms with Gasteiger partial charge in [0, 0.05) is 10.9 Å². The van der Waals surface area contributed by atoms with Crippen molar-refractivity contribution < 1.29 is 24.5 Å². The summed E-state index contributed by atoms with van der Waals surface area (Å²) >= 11 is 0. The third kappa shape index (κ3) is 3.64. The van der Waals surface area contributed by atoms with Crippen molar-refractivity contribution >= 4 is 22.8 Å². The normalized spacial score (nSPS) is 10.6. The number of aromatic nitrogens is 2. The number of hydrogen-bond donors (Lipinski definition) is 3. The Morgan fingerprint density at radius 2 is 1.96 bits per heavy atom. The lowest BCUT2D eigenvalue weighted by atomic mass is 10.1. The fourth-order valence-corrected chi connectivity index (χ4v) is 2.67. The first-order valence-electron chi connectivity index (χ1n) is 8.05. The summed E-state index contributed by atoms with van der Waals surface area (Å²) in [5.74, 6) is -1.61. The molecular formula is C19H17N3O5. The minimum absolute atomic E-state index is 0.239. The topological polar surface area (TPSA) is 122 Å². The molecule has 0 spiro atoms. The van der Waals surface area contributed by atoms with Crippen molar-refractivity contribution in [1.82, 2.24) is 15.3 Å². The molecule has 27 heavy (non-hydrogen) atoms. The number of aliphatic carboxylic acids is 1. The molecule has 0 aliphatic carbocycles. The summed E-state index contributed by atoms with van der Waals surface area (Å²) in [6, 6.07) is 10.8. The fraction of sp³-hybridized carbons (Fsp3) is 0.158. The SMILES string of the molecule is COc1cccc(-c2ccc3c(O)c(C(=O)NCC(=O)O)nc(C)c3n2)c1. The van der Waals surface area contributed by atoms with E-state index < -0.39 is 18.4 Å². The van der Waals surface area contributed by atoms with Crippen LogP contribution < -0.4 is 10.1 Å². The summed E-state index contributed by atoms with van der Waals surface area (Å²) in [4.78, 5) is 31.4. The Kier molecular flexibility index (Phi) is 4.89. The molecule has 0 saturated heterocycles. The van der Waals surface area contributed by atoms with Crippen LogP contribution in [0.3, 0.4) is 0 Å². The second-order valence-electron chi connectivity index (χ2n) is 5.80. The Balaban J connectivity index is 2.05. The van der Waals surface area contributed by atoms with Crippen molar-refractivity contribution in [2.75, 3.05) is 13.7 Å². The number of pyridine rings is 2. The Morgan fingerprint density at radius 3 is 2.67 bits per heavy atom. The maximum Gasteiger partial charge on any atom is 0.322 e. The largest absolute Gasteiger partial charge is 0.505 e. The lowest BCUT2D eigenvalue weighted by Gasteiger charge is -2.11. The van der Waals surface area contributed by atoms with Gasteiger partial charge in [-0.25, -0.2) is 9.97 Å². The number of carbonyl (C=O) groups excluding carboxylic acids is 1. The number of nitrogens with one attached hydrogen (secondary N) is 1. The van der Waals surface area contributed by atoms with Crippen LogP contribution in [0, 0.1) is 6.92 Å². The predicted molar refractivity (Wildman–Crippen MR) is 97.9 cm³/mol. The summed E-state index contributed by atoms with van der Waals surface area (Å²) in [7, 11) is 1.58. The standard InChI is InChI=1S/C19H17N3O5/c1-10-16-13(18(25)17(21-10)19(26)20-9-15(23)24)6-7-14(22-16)11-4-3-5-12(8-11)27-2/h3-8,25H,9H2,1-2H3,(H,20,26)(H,23,24). The molecule has 3 N–H and O–H groups in total. The third-order valence-corrected chi connectivity index (χ3v) is 3.98. The van der Waals surface area contributed by atoms with Crippen molar-refractivity contribution in [2.24, 2.45) is 0 Å².